The van der Waals surface area contributed by atoms with Crippen molar-refractivity contribution < 1.29 is 4.79 Å². The van der Waals surface area contributed by atoms with Crippen LogP contribution in [0.15, 0.2) is 0 Å². The predicted octanol–water partition coefficient (Wildman–Crippen LogP) is 0.0891. The third-order valence-electron chi connectivity index (χ3n) is 2.70. The predicted molar refractivity (Wildman–Crippen MR) is 69.0 cm³/mol. The van der Waals surface area contributed by atoms with Crippen LogP contribution in [0.2, 0.25) is 0 Å². The molecule has 96 valence electrons. The summed E-state index contributed by atoms with van der Waals surface area (Å²) < 4.78 is 1.72. The molecule has 0 atom stereocenters. The molecule has 2 N–H and O–H groups in total. The molecule has 0 aliphatic carbocycles. The number of aryl methyl sites for hydroxylation is 2. The quantitative estimate of drug-likeness (QED) is 0.808. The molecule has 17 heavy (non-hydrogen) atoms. The number of likely N-dealkylation sites (N-methyl/N-ethyl adjacent to an activating group) is 2. The highest BCUT2D eigenvalue weighted by Gasteiger charge is 2.18. The van der Waals surface area contributed by atoms with Gasteiger partial charge < -0.3 is 15.5 Å². The minimum atomic E-state index is 0.0335. The second-order valence-corrected chi connectivity index (χ2v) is 4.31. The molecule has 0 spiro atoms. The number of hydrogen-bond acceptors (Lipinski definition) is 4. The number of carbonyl (C=O) groups is 1. The maximum Gasteiger partial charge on any atom is 0.241 e. The number of anilines is 2. The Kier molecular flexibility index (Phi) is 3.98. The summed E-state index contributed by atoms with van der Waals surface area (Å²) in [7, 11) is 7.15. The summed E-state index contributed by atoms with van der Waals surface area (Å²) in [5.74, 6) is 0.822. The van der Waals surface area contributed by atoms with Gasteiger partial charge in [0.2, 0.25) is 5.91 Å². The molecule has 0 aliphatic rings. The summed E-state index contributed by atoms with van der Waals surface area (Å²) in [6.45, 7) is 2.30. The van der Waals surface area contributed by atoms with Crippen molar-refractivity contribution in [2.45, 2.75) is 13.3 Å². The summed E-state index contributed by atoms with van der Waals surface area (Å²) in [5.41, 5.74) is 7.54. The van der Waals surface area contributed by atoms with Gasteiger partial charge in [0.15, 0.2) is 5.82 Å². The molecule has 0 saturated carbocycles. The first-order valence-electron chi connectivity index (χ1n) is 5.61. The molecule has 1 rings (SSSR count). The van der Waals surface area contributed by atoms with Crippen LogP contribution in [-0.4, -0.2) is 48.3 Å². The number of carbonyl (C=O) groups excluding carboxylic acids is 1. The van der Waals surface area contributed by atoms with Gasteiger partial charge in [0.25, 0.3) is 0 Å². The largest absolute Gasteiger partial charge is 0.394 e. The Labute approximate surface area is 102 Å². The fraction of sp³-hybridized carbons (Fsp3) is 0.636. The normalized spacial score (nSPS) is 10.4. The molecule has 0 unspecified atom stereocenters. The van der Waals surface area contributed by atoms with E-state index >= 15 is 0 Å². The number of nitrogen functional groups attached to an aromatic ring is 1. The van der Waals surface area contributed by atoms with Crippen LogP contribution >= 0.6 is 0 Å². The van der Waals surface area contributed by atoms with Gasteiger partial charge in [-0.2, -0.15) is 5.10 Å². The lowest BCUT2D eigenvalue weighted by atomic mass is 10.3. The highest BCUT2D eigenvalue weighted by molar-refractivity contribution is 5.82. The Morgan fingerprint density at radius 3 is 2.41 bits per heavy atom. The zero-order valence-corrected chi connectivity index (χ0v) is 11.2. The SMILES string of the molecule is CCc1nn(C)c(N(C)CC(=O)N(C)C)c1N. The summed E-state index contributed by atoms with van der Waals surface area (Å²) >= 11 is 0. The maximum atomic E-state index is 11.6. The fourth-order valence-corrected chi connectivity index (χ4v) is 1.72. The smallest absolute Gasteiger partial charge is 0.241 e. The molecule has 6 heteroatoms. The maximum absolute atomic E-state index is 11.6. The minimum Gasteiger partial charge on any atom is -0.394 e. The van der Waals surface area contributed by atoms with Gasteiger partial charge in [-0.1, -0.05) is 6.92 Å². The van der Waals surface area contributed by atoms with Gasteiger partial charge in [-0.15, -0.1) is 0 Å². The number of rotatable bonds is 4. The van der Waals surface area contributed by atoms with Crippen molar-refractivity contribution in [3.05, 3.63) is 5.69 Å². The number of nitrogens with zero attached hydrogens (tertiary/aromatic N) is 4. The first-order valence-corrected chi connectivity index (χ1v) is 5.61. The van der Waals surface area contributed by atoms with Crippen LogP contribution in [-0.2, 0) is 18.3 Å². The van der Waals surface area contributed by atoms with Crippen LogP contribution in [0.25, 0.3) is 0 Å². The van der Waals surface area contributed by atoms with Gasteiger partial charge in [-0.3, -0.25) is 9.48 Å². The molecule has 0 fully saturated rings. The molecule has 0 radical (unpaired) electrons. The minimum absolute atomic E-state index is 0.0335. The Balaban J connectivity index is 2.92. The molecular formula is C11H21N5O. The highest BCUT2D eigenvalue weighted by Crippen LogP contribution is 2.25. The summed E-state index contributed by atoms with van der Waals surface area (Å²) in [6.07, 6.45) is 0.787. The van der Waals surface area contributed by atoms with Crippen molar-refractivity contribution >= 4 is 17.4 Å². The van der Waals surface area contributed by atoms with Gasteiger partial charge in [0, 0.05) is 28.2 Å². The molecule has 1 heterocycles. The second-order valence-electron chi connectivity index (χ2n) is 4.31. The van der Waals surface area contributed by atoms with E-state index in [1.165, 1.54) is 0 Å². The zero-order chi connectivity index (χ0) is 13.2. The zero-order valence-electron chi connectivity index (χ0n) is 11.2. The third-order valence-corrected chi connectivity index (χ3v) is 2.70. The van der Waals surface area contributed by atoms with Crippen molar-refractivity contribution in [1.29, 1.82) is 0 Å². The van der Waals surface area contributed by atoms with Gasteiger partial charge in [-0.25, -0.2) is 0 Å². The lowest BCUT2D eigenvalue weighted by Crippen LogP contribution is -2.35. The molecule has 0 saturated heterocycles. The first kappa shape index (κ1) is 13.3. The highest BCUT2D eigenvalue weighted by atomic mass is 16.2. The van der Waals surface area contributed by atoms with Crippen LogP contribution in [0.3, 0.4) is 0 Å². The van der Waals surface area contributed by atoms with E-state index in [0.29, 0.717) is 12.2 Å². The summed E-state index contributed by atoms with van der Waals surface area (Å²) in [6, 6.07) is 0. The fourth-order valence-electron chi connectivity index (χ4n) is 1.72. The Morgan fingerprint density at radius 1 is 1.41 bits per heavy atom. The van der Waals surface area contributed by atoms with Gasteiger partial charge in [0.1, 0.15) is 0 Å². The van der Waals surface area contributed by atoms with E-state index in [2.05, 4.69) is 5.10 Å². The molecular weight excluding hydrogens is 218 g/mol. The van der Waals surface area contributed by atoms with Crippen molar-refractivity contribution in [2.24, 2.45) is 7.05 Å². The van der Waals surface area contributed by atoms with E-state index in [9.17, 15) is 4.79 Å². The lowest BCUT2D eigenvalue weighted by Gasteiger charge is -2.21. The molecule has 1 amide bonds. The Bertz CT molecular complexity index is 410. The van der Waals surface area contributed by atoms with E-state index in [-0.39, 0.29) is 5.91 Å². The van der Waals surface area contributed by atoms with E-state index in [4.69, 9.17) is 5.73 Å². The third kappa shape index (κ3) is 2.69. The van der Waals surface area contributed by atoms with Crippen molar-refractivity contribution in [1.82, 2.24) is 14.7 Å². The van der Waals surface area contributed by atoms with E-state index in [1.807, 2.05) is 25.9 Å². The molecule has 0 bridgehead atoms. The molecule has 6 nitrogen and oxygen atoms in total. The van der Waals surface area contributed by atoms with Crippen molar-refractivity contribution in [3.63, 3.8) is 0 Å². The number of nitrogens with two attached hydrogens (primary N) is 1. The van der Waals surface area contributed by atoms with Crippen molar-refractivity contribution in [3.8, 4) is 0 Å². The molecule has 1 aromatic heterocycles. The standard InChI is InChI=1S/C11H21N5O/c1-6-8-10(12)11(16(5)13-8)15(4)7-9(17)14(2)3/h6-7,12H2,1-5H3. The van der Waals surface area contributed by atoms with E-state index < -0.39 is 0 Å². The lowest BCUT2D eigenvalue weighted by molar-refractivity contribution is -0.127. The van der Waals surface area contributed by atoms with Crippen LogP contribution in [0.5, 0.6) is 0 Å². The average Bonchev–Trinajstić information content (AvgIpc) is 2.53. The second kappa shape index (κ2) is 5.07. The van der Waals surface area contributed by atoms with Gasteiger partial charge in [0.05, 0.1) is 17.9 Å². The molecule has 0 aromatic carbocycles. The van der Waals surface area contributed by atoms with Gasteiger partial charge >= 0.3 is 0 Å². The van der Waals surface area contributed by atoms with Crippen LogP contribution in [0.4, 0.5) is 11.5 Å². The molecule has 0 aliphatic heterocycles. The number of amides is 1. The number of hydrogen-bond donors (Lipinski definition) is 1. The summed E-state index contributed by atoms with van der Waals surface area (Å²) in [4.78, 5) is 15.0. The Morgan fingerprint density at radius 2 is 2.00 bits per heavy atom. The summed E-state index contributed by atoms with van der Waals surface area (Å²) in [5, 5.41) is 4.33. The monoisotopic (exact) mass is 239 g/mol. The number of aromatic nitrogens is 2. The van der Waals surface area contributed by atoms with Crippen LogP contribution in [0, 0.1) is 0 Å². The topological polar surface area (TPSA) is 67.4 Å². The Hall–Kier alpha value is -1.72. The van der Waals surface area contributed by atoms with E-state index in [0.717, 1.165) is 17.9 Å². The average molecular weight is 239 g/mol. The van der Waals surface area contributed by atoms with E-state index in [1.54, 1.807) is 23.7 Å². The first-order chi connectivity index (χ1) is 7.88. The molecule has 1 aromatic rings. The van der Waals surface area contributed by atoms with Gasteiger partial charge in [-0.05, 0) is 6.42 Å². The van der Waals surface area contributed by atoms with Crippen LogP contribution in [0.1, 0.15) is 12.6 Å². The van der Waals surface area contributed by atoms with Crippen LogP contribution < -0.4 is 10.6 Å². The van der Waals surface area contributed by atoms with Crippen molar-refractivity contribution in [2.75, 3.05) is 38.3 Å².